The Bertz CT molecular complexity index is 452. The standard InChI is InChI=1S/C9H12FN3O4/c10-16-4-6-5(14)3-8(17-6)13-2-1-7(11)12-9(13)15/h1-2,5-6,8,14H,3-4H2,(H2,11,12,15)/t5-,6+,8+/m0/s1. The quantitative estimate of drug-likeness (QED) is 0.735. The fraction of sp³-hybridized carbons (Fsp3) is 0.556. The maximum Gasteiger partial charge on any atom is 0.351 e. The fourth-order valence-electron chi connectivity index (χ4n) is 1.74. The number of nitrogen functional groups attached to an aromatic ring is 1. The third kappa shape index (κ3) is 2.43. The van der Waals surface area contributed by atoms with Gasteiger partial charge in [-0.25, -0.2) is 4.79 Å². The summed E-state index contributed by atoms with van der Waals surface area (Å²) >= 11 is 0. The van der Waals surface area contributed by atoms with Crippen molar-refractivity contribution in [3.63, 3.8) is 0 Å². The van der Waals surface area contributed by atoms with Gasteiger partial charge < -0.3 is 15.6 Å². The zero-order valence-corrected chi connectivity index (χ0v) is 8.82. The Labute approximate surface area is 95.5 Å². The van der Waals surface area contributed by atoms with Crippen LogP contribution in [0.1, 0.15) is 12.6 Å². The molecule has 1 aromatic rings. The van der Waals surface area contributed by atoms with Crippen LogP contribution in [0.15, 0.2) is 17.1 Å². The van der Waals surface area contributed by atoms with Gasteiger partial charge in [0, 0.05) is 12.6 Å². The smallest absolute Gasteiger partial charge is 0.351 e. The monoisotopic (exact) mass is 245 g/mol. The molecule has 0 saturated carbocycles. The highest BCUT2D eigenvalue weighted by molar-refractivity contribution is 5.23. The predicted molar refractivity (Wildman–Crippen MR) is 54.5 cm³/mol. The maximum atomic E-state index is 11.7. The highest BCUT2D eigenvalue weighted by Gasteiger charge is 2.35. The Morgan fingerprint density at radius 2 is 2.53 bits per heavy atom. The van der Waals surface area contributed by atoms with Gasteiger partial charge in [-0.05, 0) is 10.6 Å². The SMILES string of the molecule is Nc1ccn([C@H]2C[C@H](O)[C@@H](COF)O2)c(=O)n1. The van der Waals surface area contributed by atoms with Gasteiger partial charge in [0.05, 0.1) is 6.10 Å². The van der Waals surface area contributed by atoms with Crippen LogP contribution in [-0.2, 0) is 9.68 Å². The number of nitrogens with two attached hydrogens (primary N) is 1. The van der Waals surface area contributed by atoms with Crippen LogP contribution >= 0.6 is 0 Å². The van der Waals surface area contributed by atoms with Crippen molar-refractivity contribution in [3.8, 4) is 0 Å². The lowest BCUT2D eigenvalue weighted by Gasteiger charge is -2.14. The molecule has 0 aliphatic carbocycles. The lowest BCUT2D eigenvalue weighted by atomic mass is 10.2. The summed E-state index contributed by atoms with van der Waals surface area (Å²) in [7, 11) is 0. The second-order valence-electron chi connectivity index (χ2n) is 3.75. The lowest BCUT2D eigenvalue weighted by Crippen LogP contribution is -2.28. The van der Waals surface area contributed by atoms with Gasteiger partial charge in [0.1, 0.15) is 24.8 Å². The molecule has 94 valence electrons. The number of hydrogen-bond acceptors (Lipinski definition) is 6. The van der Waals surface area contributed by atoms with Crippen LogP contribution in [0.2, 0.25) is 0 Å². The number of aliphatic hydroxyl groups excluding tert-OH is 1. The molecule has 1 aromatic heterocycles. The van der Waals surface area contributed by atoms with Crippen molar-refractivity contribution in [2.45, 2.75) is 24.9 Å². The van der Waals surface area contributed by atoms with E-state index in [9.17, 15) is 14.4 Å². The summed E-state index contributed by atoms with van der Waals surface area (Å²) in [5, 5.41) is 9.57. The fourth-order valence-corrected chi connectivity index (χ4v) is 1.74. The zero-order chi connectivity index (χ0) is 12.4. The number of anilines is 1. The third-order valence-electron chi connectivity index (χ3n) is 2.59. The van der Waals surface area contributed by atoms with Crippen LogP contribution in [0.25, 0.3) is 0 Å². The van der Waals surface area contributed by atoms with E-state index in [1.165, 1.54) is 16.8 Å². The molecule has 0 radical (unpaired) electrons. The molecule has 17 heavy (non-hydrogen) atoms. The molecular formula is C9H12FN3O4. The molecule has 1 aliphatic heterocycles. The van der Waals surface area contributed by atoms with Crippen LogP contribution in [0.5, 0.6) is 0 Å². The first kappa shape index (κ1) is 12.0. The Morgan fingerprint density at radius 1 is 1.76 bits per heavy atom. The van der Waals surface area contributed by atoms with Gasteiger partial charge in [-0.15, -0.1) is 0 Å². The molecule has 0 bridgehead atoms. The van der Waals surface area contributed by atoms with Crippen molar-refractivity contribution < 1.29 is 19.3 Å². The number of aromatic nitrogens is 2. The molecule has 0 spiro atoms. The number of nitrogens with zero attached hydrogens (tertiary/aromatic N) is 2. The molecule has 8 heteroatoms. The number of ether oxygens (including phenoxy) is 1. The largest absolute Gasteiger partial charge is 0.390 e. The number of halogens is 1. The van der Waals surface area contributed by atoms with Crippen molar-refractivity contribution in [1.29, 1.82) is 0 Å². The summed E-state index contributed by atoms with van der Waals surface area (Å²) in [6.45, 7) is -0.380. The average molecular weight is 245 g/mol. The van der Waals surface area contributed by atoms with E-state index in [4.69, 9.17) is 10.5 Å². The molecule has 0 unspecified atom stereocenters. The zero-order valence-electron chi connectivity index (χ0n) is 8.82. The summed E-state index contributed by atoms with van der Waals surface area (Å²) < 4.78 is 18.2. The molecule has 1 fully saturated rings. The normalized spacial score (nSPS) is 28.5. The van der Waals surface area contributed by atoms with E-state index in [-0.39, 0.29) is 18.8 Å². The molecule has 3 atom stereocenters. The van der Waals surface area contributed by atoms with E-state index >= 15 is 0 Å². The highest BCUT2D eigenvalue weighted by Crippen LogP contribution is 2.27. The Balaban J connectivity index is 2.17. The van der Waals surface area contributed by atoms with E-state index in [1.54, 1.807) is 0 Å². The van der Waals surface area contributed by atoms with Gasteiger partial charge in [-0.2, -0.15) is 9.93 Å². The minimum Gasteiger partial charge on any atom is -0.390 e. The first-order valence-corrected chi connectivity index (χ1v) is 5.03. The first-order valence-electron chi connectivity index (χ1n) is 5.03. The molecular weight excluding hydrogens is 233 g/mol. The van der Waals surface area contributed by atoms with Crippen molar-refractivity contribution in [1.82, 2.24) is 9.55 Å². The van der Waals surface area contributed by atoms with Crippen LogP contribution in [0, 0.1) is 0 Å². The van der Waals surface area contributed by atoms with Gasteiger partial charge in [0.25, 0.3) is 0 Å². The van der Waals surface area contributed by atoms with Crippen molar-refractivity contribution in [3.05, 3.63) is 22.7 Å². The van der Waals surface area contributed by atoms with Crippen LogP contribution in [0.4, 0.5) is 10.3 Å². The Kier molecular flexibility index (Phi) is 3.36. The van der Waals surface area contributed by atoms with E-state index in [1.807, 2.05) is 0 Å². The molecule has 1 saturated heterocycles. The van der Waals surface area contributed by atoms with Crippen LogP contribution in [0.3, 0.4) is 0 Å². The number of hydrogen-bond donors (Lipinski definition) is 2. The summed E-state index contributed by atoms with van der Waals surface area (Å²) in [5.74, 6) is 0.105. The van der Waals surface area contributed by atoms with Crippen LogP contribution < -0.4 is 11.4 Å². The topological polar surface area (TPSA) is 99.6 Å². The van der Waals surface area contributed by atoms with Gasteiger partial charge in [-0.3, -0.25) is 4.57 Å². The van der Waals surface area contributed by atoms with E-state index in [2.05, 4.69) is 9.93 Å². The van der Waals surface area contributed by atoms with Gasteiger partial charge in [-0.1, -0.05) is 0 Å². The third-order valence-corrected chi connectivity index (χ3v) is 2.59. The summed E-state index contributed by atoms with van der Waals surface area (Å²) in [4.78, 5) is 18.5. The first-order chi connectivity index (χ1) is 8.11. The Morgan fingerprint density at radius 3 is 3.18 bits per heavy atom. The van der Waals surface area contributed by atoms with Crippen molar-refractivity contribution in [2.75, 3.05) is 12.3 Å². The average Bonchev–Trinajstić information content (AvgIpc) is 2.60. The number of aliphatic hydroxyl groups is 1. The molecule has 1 aliphatic rings. The maximum absolute atomic E-state index is 11.7. The molecule has 2 heterocycles. The van der Waals surface area contributed by atoms with Crippen molar-refractivity contribution >= 4 is 5.82 Å². The Hall–Kier alpha value is -1.51. The summed E-state index contributed by atoms with van der Waals surface area (Å²) in [6, 6.07) is 1.44. The molecule has 0 amide bonds. The second-order valence-corrected chi connectivity index (χ2v) is 3.75. The molecule has 7 nitrogen and oxygen atoms in total. The van der Waals surface area contributed by atoms with Crippen LogP contribution in [-0.4, -0.2) is 33.5 Å². The minimum atomic E-state index is -0.889. The second kappa shape index (κ2) is 4.78. The minimum absolute atomic E-state index is 0.105. The van der Waals surface area contributed by atoms with Gasteiger partial charge in [0.2, 0.25) is 0 Å². The molecule has 0 aromatic carbocycles. The summed E-state index contributed by atoms with van der Waals surface area (Å²) in [6.07, 6.45) is -0.791. The van der Waals surface area contributed by atoms with Gasteiger partial charge >= 0.3 is 5.69 Å². The van der Waals surface area contributed by atoms with Crippen molar-refractivity contribution in [2.24, 2.45) is 0 Å². The van der Waals surface area contributed by atoms with Gasteiger partial charge in [0.15, 0.2) is 0 Å². The van der Waals surface area contributed by atoms with E-state index in [0.717, 1.165) is 0 Å². The summed E-state index contributed by atoms with van der Waals surface area (Å²) in [5.41, 5.74) is 4.76. The van der Waals surface area contributed by atoms with E-state index < -0.39 is 24.1 Å². The highest BCUT2D eigenvalue weighted by atomic mass is 19.3. The molecule has 2 rings (SSSR count). The molecule has 3 N–H and O–H groups in total. The van der Waals surface area contributed by atoms with E-state index in [0.29, 0.717) is 0 Å². The number of rotatable bonds is 3. The predicted octanol–water partition coefficient (Wildman–Crippen LogP) is -0.625. The lowest BCUT2D eigenvalue weighted by molar-refractivity contribution is -0.176.